The van der Waals surface area contributed by atoms with Crippen LogP contribution in [0.3, 0.4) is 0 Å². The SMILES string of the molecule is O=C(NCCn1nc(-c2ccccn2)c2c1CCCC2)NCc1ccc(Cl)cc1. The van der Waals surface area contributed by atoms with Crippen LogP contribution in [0.2, 0.25) is 5.02 Å². The minimum atomic E-state index is -0.189. The molecule has 0 bridgehead atoms. The quantitative estimate of drug-likeness (QED) is 0.646. The standard InChI is InChI=1S/C22H24ClN5O/c23-17-10-8-16(9-11-17)15-26-22(29)25-13-14-28-20-7-2-1-5-18(20)21(27-28)19-6-3-4-12-24-19/h3-4,6,8-12H,1-2,5,7,13-15H2,(H2,25,26,29). The van der Waals surface area contributed by atoms with Crippen LogP contribution in [0, 0.1) is 0 Å². The van der Waals surface area contributed by atoms with E-state index in [4.69, 9.17) is 16.7 Å². The van der Waals surface area contributed by atoms with Gasteiger partial charge in [0.1, 0.15) is 5.69 Å². The molecule has 29 heavy (non-hydrogen) atoms. The van der Waals surface area contributed by atoms with Gasteiger partial charge in [0.05, 0.1) is 12.2 Å². The number of urea groups is 1. The van der Waals surface area contributed by atoms with Crippen molar-refractivity contribution in [3.8, 4) is 11.4 Å². The first-order valence-corrected chi connectivity index (χ1v) is 10.3. The molecule has 2 amide bonds. The molecule has 0 radical (unpaired) electrons. The zero-order valence-electron chi connectivity index (χ0n) is 16.2. The van der Waals surface area contributed by atoms with Crippen LogP contribution in [0.5, 0.6) is 0 Å². The zero-order chi connectivity index (χ0) is 20.1. The molecule has 2 aromatic heterocycles. The van der Waals surface area contributed by atoms with Crippen LogP contribution in [0.25, 0.3) is 11.4 Å². The Hall–Kier alpha value is -2.86. The predicted octanol–water partition coefficient (Wildman–Crippen LogP) is 3.98. The molecular weight excluding hydrogens is 386 g/mol. The monoisotopic (exact) mass is 409 g/mol. The van der Waals surface area contributed by atoms with Gasteiger partial charge in [0, 0.05) is 35.6 Å². The summed E-state index contributed by atoms with van der Waals surface area (Å²) in [6.07, 6.45) is 6.23. The molecule has 6 nitrogen and oxygen atoms in total. The molecule has 0 saturated heterocycles. The molecule has 150 valence electrons. The lowest BCUT2D eigenvalue weighted by atomic mass is 9.95. The van der Waals surface area contributed by atoms with Crippen molar-refractivity contribution < 1.29 is 4.79 Å². The Bertz CT molecular complexity index is 969. The van der Waals surface area contributed by atoms with Crippen molar-refractivity contribution in [1.29, 1.82) is 0 Å². The molecular formula is C22H24ClN5O. The minimum Gasteiger partial charge on any atom is -0.336 e. The number of amides is 2. The average molecular weight is 410 g/mol. The van der Waals surface area contributed by atoms with Gasteiger partial charge in [-0.25, -0.2) is 4.79 Å². The summed E-state index contributed by atoms with van der Waals surface area (Å²) in [7, 11) is 0. The fourth-order valence-corrected chi connectivity index (χ4v) is 3.81. The summed E-state index contributed by atoms with van der Waals surface area (Å²) in [5.41, 5.74) is 5.48. The number of benzene rings is 1. The number of hydrogen-bond acceptors (Lipinski definition) is 3. The number of carbonyl (C=O) groups excluding carboxylic acids is 1. The highest BCUT2D eigenvalue weighted by Crippen LogP contribution is 2.30. The molecule has 1 aliphatic carbocycles. The lowest BCUT2D eigenvalue weighted by Gasteiger charge is -2.14. The first-order valence-electron chi connectivity index (χ1n) is 9.97. The maximum atomic E-state index is 12.1. The van der Waals surface area contributed by atoms with Crippen LogP contribution >= 0.6 is 11.6 Å². The summed E-state index contributed by atoms with van der Waals surface area (Å²) in [6.45, 7) is 1.62. The Morgan fingerprint density at radius 3 is 2.69 bits per heavy atom. The Balaban J connectivity index is 1.35. The number of rotatable bonds is 6. The van der Waals surface area contributed by atoms with E-state index < -0.39 is 0 Å². The van der Waals surface area contributed by atoms with Crippen molar-refractivity contribution in [3.05, 3.63) is 70.5 Å². The number of hydrogen-bond donors (Lipinski definition) is 2. The Morgan fingerprint density at radius 2 is 1.90 bits per heavy atom. The summed E-state index contributed by atoms with van der Waals surface area (Å²) in [4.78, 5) is 16.6. The second kappa shape index (κ2) is 9.09. The van der Waals surface area contributed by atoms with E-state index in [-0.39, 0.29) is 6.03 Å². The van der Waals surface area contributed by atoms with Crippen LogP contribution in [0.4, 0.5) is 4.79 Å². The van der Waals surface area contributed by atoms with Gasteiger partial charge in [-0.1, -0.05) is 29.8 Å². The number of fused-ring (bicyclic) bond motifs is 1. The van der Waals surface area contributed by atoms with E-state index in [9.17, 15) is 4.79 Å². The van der Waals surface area contributed by atoms with Gasteiger partial charge in [-0.3, -0.25) is 9.67 Å². The number of aromatic nitrogens is 3. The van der Waals surface area contributed by atoms with E-state index in [2.05, 4.69) is 15.6 Å². The molecule has 3 aromatic rings. The molecule has 2 N–H and O–H groups in total. The maximum absolute atomic E-state index is 12.1. The third-order valence-electron chi connectivity index (χ3n) is 5.14. The van der Waals surface area contributed by atoms with E-state index in [0.29, 0.717) is 24.7 Å². The highest BCUT2D eigenvalue weighted by atomic mass is 35.5. The molecule has 1 aromatic carbocycles. The second-order valence-electron chi connectivity index (χ2n) is 7.16. The summed E-state index contributed by atoms with van der Waals surface area (Å²) < 4.78 is 2.04. The fraction of sp³-hybridized carbons (Fsp3) is 0.318. The maximum Gasteiger partial charge on any atom is 0.315 e. The lowest BCUT2D eigenvalue weighted by Crippen LogP contribution is -2.37. The van der Waals surface area contributed by atoms with Crippen molar-refractivity contribution in [2.45, 2.75) is 38.8 Å². The van der Waals surface area contributed by atoms with Crippen molar-refractivity contribution >= 4 is 17.6 Å². The number of nitrogens with one attached hydrogen (secondary N) is 2. The summed E-state index contributed by atoms with van der Waals surface area (Å²) >= 11 is 5.88. The normalized spacial score (nSPS) is 13.0. The first kappa shape index (κ1) is 19.5. The van der Waals surface area contributed by atoms with Gasteiger partial charge >= 0.3 is 6.03 Å². The lowest BCUT2D eigenvalue weighted by molar-refractivity contribution is 0.240. The molecule has 0 saturated carbocycles. The van der Waals surface area contributed by atoms with Crippen molar-refractivity contribution in [2.24, 2.45) is 0 Å². The molecule has 7 heteroatoms. The molecule has 4 rings (SSSR count). The highest BCUT2D eigenvalue weighted by Gasteiger charge is 2.22. The van der Waals surface area contributed by atoms with Gasteiger partial charge in [0.2, 0.25) is 0 Å². The molecule has 1 aliphatic rings. The average Bonchev–Trinajstić information content (AvgIpc) is 3.13. The topological polar surface area (TPSA) is 71.8 Å². The van der Waals surface area contributed by atoms with Crippen LogP contribution in [-0.4, -0.2) is 27.3 Å². The van der Waals surface area contributed by atoms with Gasteiger partial charge in [-0.2, -0.15) is 5.10 Å². The van der Waals surface area contributed by atoms with Gasteiger partial charge in [-0.15, -0.1) is 0 Å². The summed E-state index contributed by atoms with van der Waals surface area (Å²) in [5.74, 6) is 0. The third kappa shape index (κ3) is 4.77. The van der Waals surface area contributed by atoms with E-state index in [1.54, 1.807) is 6.20 Å². The first-order chi connectivity index (χ1) is 14.2. The fourth-order valence-electron chi connectivity index (χ4n) is 3.69. The van der Waals surface area contributed by atoms with E-state index in [1.165, 1.54) is 24.1 Å². The molecule has 0 fully saturated rings. The molecule has 0 atom stereocenters. The summed E-state index contributed by atoms with van der Waals surface area (Å²) in [5, 5.41) is 11.3. The van der Waals surface area contributed by atoms with Crippen LogP contribution < -0.4 is 10.6 Å². The van der Waals surface area contributed by atoms with E-state index in [0.717, 1.165) is 29.8 Å². The highest BCUT2D eigenvalue weighted by molar-refractivity contribution is 6.30. The third-order valence-corrected chi connectivity index (χ3v) is 5.39. The van der Waals surface area contributed by atoms with E-state index in [1.807, 2.05) is 47.1 Å². The number of halogens is 1. The van der Waals surface area contributed by atoms with Crippen molar-refractivity contribution in [2.75, 3.05) is 6.54 Å². The van der Waals surface area contributed by atoms with Crippen LogP contribution in [0.15, 0.2) is 48.7 Å². The molecule has 0 unspecified atom stereocenters. The van der Waals surface area contributed by atoms with Crippen molar-refractivity contribution in [1.82, 2.24) is 25.4 Å². The van der Waals surface area contributed by atoms with Crippen LogP contribution in [0.1, 0.15) is 29.7 Å². The Labute approximate surface area is 175 Å². The number of pyridine rings is 1. The molecule has 0 spiro atoms. The van der Waals surface area contributed by atoms with E-state index >= 15 is 0 Å². The van der Waals surface area contributed by atoms with Crippen LogP contribution in [-0.2, 0) is 25.9 Å². The van der Waals surface area contributed by atoms with Gasteiger partial charge in [0.15, 0.2) is 0 Å². The second-order valence-corrected chi connectivity index (χ2v) is 7.59. The Kier molecular flexibility index (Phi) is 6.10. The van der Waals surface area contributed by atoms with Crippen molar-refractivity contribution in [3.63, 3.8) is 0 Å². The minimum absolute atomic E-state index is 0.189. The predicted molar refractivity (Wildman–Crippen MR) is 114 cm³/mol. The number of nitrogens with zero attached hydrogens (tertiary/aromatic N) is 3. The van der Waals surface area contributed by atoms with Gasteiger partial charge in [-0.05, 0) is 55.5 Å². The zero-order valence-corrected chi connectivity index (χ0v) is 17.0. The Morgan fingerprint density at radius 1 is 1.07 bits per heavy atom. The smallest absolute Gasteiger partial charge is 0.315 e. The van der Waals surface area contributed by atoms with Gasteiger partial charge < -0.3 is 10.6 Å². The largest absolute Gasteiger partial charge is 0.336 e. The summed E-state index contributed by atoms with van der Waals surface area (Å²) in [6, 6.07) is 13.2. The molecule has 2 heterocycles. The molecule has 0 aliphatic heterocycles. The van der Waals surface area contributed by atoms with Gasteiger partial charge in [0.25, 0.3) is 0 Å². The number of carbonyl (C=O) groups is 1.